The number of carbonyl (C=O) groups is 2. The Morgan fingerprint density at radius 1 is 1.19 bits per heavy atom. The number of ether oxygens (including phenoxy) is 1. The molecule has 0 bridgehead atoms. The number of carbonyl (C=O) groups excluding carboxylic acids is 1. The zero-order chi connectivity index (χ0) is 26.2. The Morgan fingerprint density at radius 2 is 1.89 bits per heavy atom. The van der Waals surface area contributed by atoms with Gasteiger partial charge in [0, 0.05) is 61.9 Å². The highest BCUT2D eigenvalue weighted by Gasteiger charge is 2.31. The molecule has 0 spiro atoms. The summed E-state index contributed by atoms with van der Waals surface area (Å²) < 4.78 is 43.6. The van der Waals surface area contributed by atoms with E-state index in [2.05, 4.69) is 9.72 Å². The van der Waals surface area contributed by atoms with Crippen LogP contribution in [0.1, 0.15) is 40.9 Å². The second kappa shape index (κ2) is 10.2. The summed E-state index contributed by atoms with van der Waals surface area (Å²) in [6.45, 7) is 0.827. The Kier molecular flexibility index (Phi) is 7.38. The third-order valence-electron chi connectivity index (χ3n) is 6.36. The number of alkyl halides is 3. The van der Waals surface area contributed by atoms with Crippen molar-refractivity contribution in [3.63, 3.8) is 0 Å². The van der Waals surface area contributed by atoms with Crippen molar-refractivity contribution in [2.45, 2.75) is 32.0 Å². The number of rotatable bonds is 6. The molecule has 3 aromatic rings. The van der Waals surface area contributed by atoms with E-state index in [0.29, 0.717) is 48.1 Å². The molecule has 7 nitrogen and oxygen atoms in total. The van der Waals surface area contributed by atoms with Crippen molar-refractivity contribution in [1.82, 2.24) is 14.5 Å². The van der Waals surface area contributed by atoms with Gasteiger partial charge in [0.25, 0.3) is 5.91 Å². The zero-order valence-electron chi connectivity index (χ0n) is 19.1. The summed E-state index contributed by atoms with van der Waals surface area (Å²) >= 11 is 12.9. The number of aliphatic carboxylic acids is 1. The lowest BCUT2D eigenvalue weighted by Crippen LogP contribution is -2.39. The van der Waals surface area contributed by atoms with E-state index in [1.165, 1.54) is 24.4 Å². The molecule has 1 amide bonds. The van der Waals surface area contributed by atoms with Gasteiger partial charge in [0.2, 0.25) is 0 Å². The van der Waals surface area contributed by atoms with Gasteiger partial charge in [-0.05, 0) is 37.0 Å². The second-order valence-electron chi connectivity index (χ2n) is 8.73. The Hall–Kier alpha value is -2.98. The molecule has 1 aliphatic heterocycles. The fourth-order valence-electron chi connectivity index (χ4n) is 4.48. The summed E-state index contributed by atoms with van der Waals surface area (Å²) in [4.78, 5) is 29.9. The molecule has 1 aromatic carbocycles. The quantitative estimate of drug-likeness (QED) is 0.403. The number of pyridine rings is 1. The molecule has 12 heteroatoms. The summed E-state index contributed by atoms with van der Waals surface area (Å²) in [6, 6.07) is 5.85. The van der Waals surface area contributed by atoms with Crippen LogP contribution in [0.25, 0.3) is 10.9 Å². The predicted molar refractivity (Wildman–Crippen MR) is 128 cm³/mol. The number of fused-ring (bicyclic) bond motifs is 1. The number of nitrogens with zero attached hydrogens (tertiary/aromatic N) is 3. The van der Waals surface area contributed by atoms with E-state index in [0.717, 1.165) is 0 Å². The summed E-state index contributed by atoms with van der Waals surface area (Å²) in [7, 11) is 1.69. The number of aryl methyl sites for hydroxylation is 1. The molecule has 192 valence electrons. The molecule has 1 N–H and O–H groups in total. The first-order chi connectivity index (χ1) is 16.9. The molecule has 0 atom stereocenters. The van der Waals surface area contributed by atoms with Gasteiger partial charge in [-0.2, -0.15) is 0 Å². The number of aromatic nitrogens is 2. The lowest BCUT2D eigenvalue weighted by molar-refractivity contribution is -0.274. The van der Waals surface area contributed by atoms with Crippen molar-refractivity contribution in [3.05, 3.63) is 57.5 Å². The maximum absolute atomic E-state index is 13.2. The van der Waals surface area contributed by atoms with E-state index >= 15 is 0 Å². The Bertz CT molecular complexity index is 1320. The molecule has 0 saturated carbocycles. The van der Waals surface area contributed by atoms with Gasteiger partial charge in [0.15, 0.2) is 0 Å². The van der Waals surface area contributed by atoms with Crippen LogP contribution in [-0.4, -0.2) is 50.9 Å². The van der Waals surface area contributed by atoms with Crippen LogP contribution >= 0.6 is 23.2 Å². The fraction of sp³-hybridized carbons (Fsp3) is 0.375. The molecule has 1 saturated heterocycles. The third-order valence-corrected chi connectivity index (χ3v) is 7.12. The van der Waals surface area contributed by atoms with Gasteiger partial charge in [-0.3, -0.25) is 9.59 Å². The van der Waals surface area contributed by atoms with E-state index in [1.54, 1.807) is 22.6 Å². The molecular formula is C24H22Cl2F3N3O4. The summed E-state index contributed by atoms with van der Waals surface area (Å²) in [6.07, 6.45) is -2.05. The fourth-order valence-corrected chi connectivity index (χ4v) is 5.03. The molecule has 1 aliphatic rings. The number of hydrogen-bond donors (Lipinski definition) is 1. The average molecular weight is 544 g/mol. The van der Waals surface area contributed by atoms with Crippen LogP contribution in [-0.2, 0) is 18.3 Å². The zero-order valence-corrected chi connectivity index (χ0v) is 20.6. The normalized spacial score (nSPS) is 14.9. The van der Waals surface area contributed by atoms with E-state index in [4.69, 9.17) is 28.3 Å². The van der Waals surface area contributed by atoms with Gasteiger partial charge in [0.05, 0.1) is 16.1 Å². The van der Waals surface area contributed by atoms with Crippen LogP contribution in [0.2, 0.25) is 10.2 Å². The smallest absolute Gasteiger partial charge is 0.481 e. The van der Waals surface area contributed by atoms with Crippen LogP contribution < -0.4 is 4.74 Å². The first-order valence-corrected chi connectivity index (χ1v) is 11.9. The van der Waals surface area contributed by atoms with Gasteiger partial charge in [-0.25, -0.2) is 4.98 Å². The van der Waals surface area contributed by atoms with Crippen molar-refractivity contribution < 1.29 is 32.6 Å². The van der Waals surface area contributed by atoms with Crippen molar-refractivity contribution in [3.8, 4) is 5.75 Å². The summed E-state index contributed by atoms with van der Waals surface area (Å²) in [5, 5.41) is 9.94. The van der Waals surface area contributed by atoms with Gasteiger partial charge < -0.3 is 19.3 Å². The minimum absolute atomic E-state index is 0.0226. The minimum atomic E-state index is -4.80. The molecule has 36 heavy (non-hydrogen) atoms. The van der Waals surface area contributed by atoms with Crippen LogP contribution in [0.5, 0.6) is 5.75 Å². The SMILES string of the molecule is Cn1c(Cc2c(Cl)ncc(C(=O)N3CCC(CC(=O)O)CC3)c2Cl)cc2ccc(OC(F)(F)F)cc21. The van der Waals surface area contributed by atoms with Gasteiger partial charge in [-0.1, -0.05) is 23.2 Å². The van der Waals surface area contributed by atoms with Gasteiger partial charge >= 0.3 is 12.3 Å². The lowest BCUT2D eigenvalue weighted by Gasteiger charge is -2.31. The Labute approximate surface area is 214 Å². The van der Waals surface area contributed by atoms with E-state index in [-0.39, 0.29) is 46.2 Å². The maximum Gasteiger partial charge on any atom is 0.573 e. The summed E-state index contributed by atoms with van der Waals surface area (Å²) in [5.41, 5.74) is 1.82. The van der Waals surface area contributed by atoms with E-state index in [9.17, 15) is 22.8 Å². The van der Waals surface area contributed by atoms with Crippen molar-refractivity contribution >= 4 is 46.0 Å². The molecule has 1 fully saturated rings. The molecule has 4 rings (SSSR count). The van der Waals surface area contributed by atoms with Crippen LogP contribution in [0, 0.1) is 5.92 Å². The summed E-state index contributed by atoms with van der Waals surface area (Å²) in [5.74, 6) is -1.48. The number of hydrogen-bond acceptors (Lipinski definition) is 4. The highest BCUT2D eigenvalue weighted by atomic mass is 35.5. The lowest BCUT2D eigenvalue weighted by atomic mass is 9.93. The van der Waals surface area contributed by atoms with Crippen LogP contribution in [0.4, 0.5) is 13.2 Å². The molecule has 0 radical (unpaired) electrons. The standard InChI is InChI=1S/C24H22Cl2F3N3O4/c1-31-15(9-14-2-3-16(11-19(14)31)36-24(27,28)29)10-17-21(25)18(12-30-22(17)26)23(35)32-6-4-13(5-7-32)8-20(33)34/h2-3,9,11-13H,4-8,10H2,1H3,(H,33,34). The Morgan fingerprint density at radius 3 is 2.53 bits per heavy atom. The number of halogens is 5. The monoisotopic (exact) mass is 543 g/mol. The average Bonchev–Trinajstić information content (AvgIpc) is 3.10. The van der Waals surface area contributed by atoms with Crippen LogP contribution in [0.15, 0.2) is 30.5 Å². The highest BCUT2D eigenvalue weighted by molar-refractivity contribution is 6.37. The largest absolute Gasteiger partial charge is 0.573 e. The minimum Gasteiger partial charge on any atom is -0.481 e. The number of amides is 1. The van der Waals surface area contributed by atoms with Crippen molar-refractivity contribution in [2.75, 3.05) is 13.1 Å². The number of carboxylic acids is 1. The number of likely N-dealkylation sites (tertiary alicyclic amines) is 1. The topological polar surface area (TPSA) is 84.7 Å². The number of benzene rings is 1. The van der Waals surface area contributed by atoms with Crippen molar-refractivity contribution in [2.24, 2.45) is 13.0 Å². The van der Waals surface area contributed by atoms with Gasteiger partial charge in [-0.15, -0.1) is 13.2 Å². The van der Waals surface area contributed by atoms with Crippen molar-refractivity contribution in [1.29, 1.82) is 0 Å². The second-order valence-corrected chi connectivity index (χ2v) is 9.46. The third kappa shape index (κ3) is 5.70. The first-order valence-electron chi connectivity index (χ1n) is 11.1. The van der Waals surface area contributed by atoms with E-state index in [1.807, 2.05) is 0 Å². The Balaban J connectivity index is 1.57. The van der Waals surface area contributed by atoms with Gasteiger partial charge in [0.1, 0.15) is 10.9 Å². The first kappa shape index (κ1) is 26.1. The maximum atomic E-state index is 13.2. The van der Waals surface area contributed by atoms with Crippen LogP contribution in [0.3, 0.4) is 0 Å². The number of piperidine rings is 1. The molecule has 3 heterocycles. The predicted octanol–water partition coefficient (Wildman–Crippen LogP) is 5.70. The number of carboxylic acid groups (broad SMARTS) is 1. The molecule has 0 aliphatic carbocycles. The molecule has 0 unspecified atom stereocenters. The van der Waals surface area contributed by atoms with E-state index < -0.39 is 12.3 Å². The highest BCUT2D eigenvalue weighted by Crippen LogP contribution is 2.33. The molecule has 2 aromatic heterocycles. The molecular weight excluding hydrogens is 522 g/mol.